The zero-order valence-electron chi connectivity index (χ0n) is 14.1. The van der Waals surface area contributed by atoms with Crippen molar-refractivity contribution in [3.63, 3.8) is 0 Å². The Morgan fingerprint density at radius 1 is 1.33 bits per heavy atom. The molecule has 2 aliphatic rings. The van der Waals surface area contributed by atoms with Crippen LogP contribution in [0.5, 0.6) is 0 Å². The first kappa shape index (κ1) is 15.0. The lowest BCUT2D eigenvalue weighted by Gasteiger charge is -2.45. The van der Waals surface area contributed by atoms with Gasteiger partial charge >= 0.3 is 0 Å². The second-order valence-electron chi connectivity index (χ2n) is 6.73. The third-order valence-corrected chi connectivity index (χ3v) is 5.45. The summed E-state index contributed by atoms with van der Waals surface area (Å²) in [5, 5.41) is 10.8. The van der Waals surface area contributed by atoms with Gasteiger partial charge in [-0.2, -0.15) is 5.26 Å². The molecule has 0 spiro atoms. The third kappa shape index (κ3) is 1.94. The van der Waals surface area contributed by atoms with E-state index >= 15 is 0 Å². The second kappa shape index (κ2) is 5.52. The van der Waals surface area contributed by atoms with Gasteiger partial charge in [-0.1, -0.05) is 31.2 Å². The van der Waals surface area contributed by atoms with Crippen molar-refractivity contribution in [2.45, 2.75) is 44.7 Å². The molecule has 0 aliphatic carbocycles. The topological polar surface area (TPSA) is 49.0 Å². The van der Waals surface area contributed by atoms with Gasteiger partial charge in [0.15, 0.2) is 0 Å². The van der Waals surface area contributed by atoms with Crippen LogP contribution in [0.4, 0.5) is 0 Å². The maximum absolute atomic E-state index is 12.8. The highest BCUT2D eigenvalue weighted by Crippen LogP contribution is 2.45. The molecule has 0 N–H and O–H groups in total. The first-order chi connectivity index (χ1) is 11.7. The number of benzene rings is 1. The summed E-state index contributed by atoms with van der Waals surface area (Å²) in [6.45, 7) is 2.03. The average Bonchev–Trinajstić information content (AvgIpc) is 2.87. The zero-order chi connectivity index (χ0) is 16.8. The standard InChI is InChI=1S/C20H21N3O/c1-3-6-19(24)23-17-10-9-13(12-21)18(23)11-15-14-7-4-5-8-16(14)22(2)20(15)17/h4-5,7-9,17-18H,3,6,10-11H2,1-2H3/t17-,18-/m0/s1. The smallest absolute Gasteiger partial charge is 0.223 e. The molecule has 2 bridgehead atoms. The SMILES string of the molecule is CCCC(=O)N1[C@H]2Cc3c(n(C)c4ccccc34)[C@@H]1CC=C2C#N. The van der Waals surface area contributed by atoms with E-state index in [1.807, 2.05) is 17.9 Å². The van der Waals surface area contributed by atoms with Gasteiger partial charge < -0.3 is 9.47 Å². The lowest BCUT2D eigenvalue weighted by molar-refractivity contribution is -0.136. The Kier molecular flexibility index (Phi) is 3.45. The van der Waals surface area contributed by atoms with Crippen LogP contribution in [-0.4, -0.2) is 21.4 Å². The van der Waals surface area contributed by atoms with Crippen molar-refractivity contribution in [3.8, 4) is 6.07 Å². The van der Waals surface area contributed by atoms with Gasteiger partial charge in [0.1, 0.15) is 0 Å². The van der Waals surface area contributed by atoms with Gasteiger partial charge in [-0.15, -0.1) is 0 Å². The number of hydrogen-bond acceptors (Lipinski definition) is 2. The van der Waals surface area contributed by atoms with Gasteiger partial charge in [0.2, 0.25) is 5.91 Å². The molecule has 1 aromatic carbocycles. The van der Waals surface area contributed by atoms with Crippen LogP contribution in [0, 0.1) is 11.3 Å². The van der Waals surface area contributed by atoms with Crippen molar-refractivity contribution in [3.05, 3.63) is 47.2 Å². The number of nitrogens with zero attached hydrogens (tertiary/aromatic N) is 3. The Hall–Kier alpha value is -2.54. The Balaban J connectivity index is 1.92. The number of amides is 1. The maximum atomic E-state index is 12.8. The second-order valence-corrected chi connectivity index (χ2v) is 6.73. The van der Waals surface area contributed by atoms with Crippen molar-refractivity contribution in [2.75, 3.05) is 0 Å². The van der Waals surface area contributed by atoms with Crippen LogP contribution in [0.25, 0.3) is 10.9 Å². The first-order valence-corrected chi connectivity index (χ1v) is 8.64. The van der Waals surface area contributed by atoms with Gasteiger partial charge in [0.25, 0.3) is 0 Å². The molecular formula is C20H21N3O. The number of hydrogen-bond donors (Lipinski definition) is 0. The van der Waals surface area contributed by atoms with E-state index in [1.54, 1.807) is 0 Å². The van der Waals surface area contributed by atoms with Crippen LogP contribution < -0.4 is 0 Å². The van der Waals surface area contributed by atoms with E-state index < -0.39 is 0 Å². The lowest BCUT2D eigenvalue weighted by Crippen LogP contribution is -2.50. The summed E-state index contributed by atoms with van der Waals surface area (Å²) in [4.78, 5) is 14.8. The Morgan fingerprint density at radius 3 is 2.88 bits per heavy atom. The van der Waals surface area contributed by atoms with E-state index in [-0.39, 0.29) is 18.0 Å². The van der Waals surface area contributed by atoms with Gasteiger partial charge in [0.05, 0.1) is 18.2 Å². The first-order valence-electron chi connectivity index (χ1n) is 8.64. The quantitative estimate of drug-likeness (QED) is 0.848. The van der Waals surface area contributed by atoms with E-state index in [9.17, 15) is 10.1 Å². The van der Waals surface area contributed by atoms with E-state index in [4.69, 9.17) is 0 Å². The number of aryl methyl sites for hydroxylation is 1. The van der Waals surface area contributed by atoms with Crippen molar-refractivity contribution in [1.29, 1.82) is 5.26 Å². The van der Waals surface area contributed by atoms with Crippen LogP contribution in [0.2, 0.25) is 0 Å². The summed E-state index contributed by atoms with van der Waals surface area (Å²) in [7, 11) is 2.09. The minimum Gasteiger partial charge on any atom is -0.346 e. The summed E-state index contributed by atoms with van der Waals surface area (Å²) in [5.74, 6) is 0.171. The number of rotatable bonds is 2. The van der Waals surface area contributed by atoms with E-state index in [0.717, 1.165) is 24.8 Å². The molecule has 0 unspecified atom stereocenters. The normalized spacial score (nSPS) is 22.0. The molecule has 2 atom stereocenters. The molecule has 24 heavy (non-hydrogen) atoms. The molecule has 0 radical (unpaired) electrons. The largest absolute Gasteiger partial charge is 0.346 e. The van der Waals surface area contributed by atoms with Crippen LogP contribution in [0.1, 0.15) is 43.5 Å². The number of para-hydroxylation sites is 1. The summed E-state index contributed by atoms with van der Waals surface area (Å²) in [6.07, 6.45) is 4.88. The molecular weight excluding hydrogens is 298 g/mol. The van der Waals surface area contributed by atoms with Crippen LogP contribution in [0.3, 0.4) is 0 Å². The monoisotopic (exact) mass is 319 g/mol. The highest BCUT2D eigenvalue weighted by atomic mass is 16.2. The van der Waals surface area contributed by atoms with Crippen molar-refractivity contribution in [2.24, 2.45) is 7.05 Å². The fraction of sp³-hybridized carbons (Fsp3) is 0.400. The molecule has 3 heterocycles. The average molecular weight is 319 g/mol. The molecule has 122 valence electrons. The van der Waals surface area contributed by atoms with Gasteiger partial charge in [-0.05, 0) is 24.5 Å². The molecule has 4 rings (SSSR count). The van der Waals surface area contributed by atoms with E-state index in [1.165, 1.54) is 22.2 Å². The van der Waals surface area contributed by atoms with Gasteiger partial charge in [-0.25, -0.2) is 0 Å². The zero-order valence-corrected chi connectivity index (χ0v) is 14.1. The van der Waals surface area contributed by atoms with Crippen molar-refractivity contribution in [1.82, 2.24) is 9.47 Å². The number of carbonyl (C=O) groups is 1. The number of carbonyl (C=O) groups excluding carboxylic acids is 1. The van der Waals surface area contributed by atoms with E-state index in [2.05, 4.69) is 41.9 Å². The Bertz CT molecular complexity index is 899. The summed E-state index contributed by atoms with van der Waals surface area (Å²) in [6, 6.07) is 10.7. The van der Waals surface area contributed by atoms with Gasteiger partial charge in [-0.3, -0.25) is 4.79 Å². The molecule has 1 amide bonds. The highest BCUT2D eigenvalue weighted by molar-refractivity contribution is 5.87. The molecule has 1 aromatic heterocycles. The number of fused-ring (bicyclic) bond motifs is 6. The van der Waals surface area contributed by atoms with Crippen LogP contribution in [0.15, 0.2) is 35.9 Å². The maximum Gasteiger partial charge on any atom is 0.223 e. The Morgan fingerprint density at radius 2 is 2.12 bits per heavy atom. The molecule has 0 saturated heterocycles. The minimum absolute atomic E-state index is 0.0484. The fourth-order valence-electron chi connectivity index (χ4n) is 4.44. The predicted octanol–water partition coefficient (Wildman–Crippen LogP) is 3.63. The summed E-state index contributed by atoms with van der Waals surface area (Å²) >= 11 is 0. The van der Waals surface area contributed by atoms with Gasteiger partial charge in [0, 0.05) is 42.1 Å². The molecule has 0 saturated carbocycles. The predicted molar refractivity (Wildman–Crippen MR) is 93.2 cm³/mol. The summed E-state index contributed by atoms with van der Waals surface area (Å²) < 4.78 is 2.24. The Labute approximate surface area is 142 Å². The lowest BCUT2D eigenvalue weighted by atomic mass is 9.82. The fourth-order valence-corrected chi connectivity index (χ4v) is 4.44. The van der Waals surface area contributed by atoms with Crippen molar-refractivity contribution < 1.29 is 4.79 Å². The highest BCUT2D eigenvalue weighted by Gasteiger charge is 2.43. The van der Waals surface area contributed by atoms with E-state index in [0.29, 0.717) is 6.42 Å². The molecule has 4 heteroatoms. The molecule has 4 nitrogen and oxygen atoms in total. The van der Waals surface area contributed by atoms with Crippen molar-refractivity contribution >= 4 is 16.8 Å². The number of nitriles is 1. The molecule has 2 aliphatic heterocycles. The number of aromatic nitrogens is 1. The molecule has 0 fully saturated rings. The third-order valence-electron chi connectivity index (χ3n) is 5.45. The minimum atomic E-state index is -0.105. The summed E-state index contributed by atoms with van der Waals surface area (Å²) in [5.41, 5.74) is 4.50. The van der Waals surface area contributed by atoms with Crippen LogP contribution in [-0.2, 0) is 18.3 Å². The van der Waals surface area contributed by atoms with Crippen LogP contribution >= 0.6 is 0 Å². The molecule has 2 aromatic rings.